The molecule has 0 fully saturated rings. The summed E-state index contributed by atoms with van der Waals surface area (Å²) in [5.41, 5.74) is 0.413. The highest BCUT2D eigenvalue weighted by Crippen LogP contribution is 2.25. The summed E-state index contributed by atoms with van der Waals surface area (Å²) in [6.45, 7) is 3.76. The molecule has 2 aromatic rings. The molecule has 0 saturated carbocycles. The van der Waals surface area contributed by atoms with Crippen molar-refractivity contribution in [2.45, 2.75) is 19.4 Å². The van der Waals surface area contributed by atoms with Crippen molar-refractivity contribution in [3.63, 3.8) is 0 Å². The second-order valence-corrected chi connectivity index (χ2v) is 5.35. The van der Waals surface area contributed by atoms with Gasteiger partial charge >= 0.3 is 0 Å². The van der Waals surface area contributed by atoms with Crippen LogP contribution in [0.25, 0.3) is 0 Å². The lowest BCUT2D eigenvalue weighted by atomic mass is 9.96. The van der Waals surface area contributed by atoms with Crippen molar-refractivity contribution in [1.82, 2.24) is 10.3 Å². The number of nitrogens with one attached hydrogen (secondary N) is 1. The molecule has 1 heterocycles. The Morgan fingerprint density at radius 3 is 2.55 bits per heavy atom. The first-order valence-corrected chi connectivity index (χ1v) is 7.00. The minimum absolute atomic E-state index is 0.0793. The number of methoxy groups -OCH3 is 1. The second-order valence-electron chi connectivity index (χ2n) is 5.35. The number of nitrogens with zero attached hydrogens (tertiary/aromatic N) is 1. The number of hydrogen-bond donors (Lipinski definition) is 1. The standard InChI is InChI=1S/C17H20N2O3/c1-17(2,13-7-6-10-18-11-13)19-16(20)12-22-15-9-5-4-8-14(15)21-3/h4-11H,12H2,1-3H3,(H,19,20). The predicted molar refractivity (Wildman–Crippen MR) is 83.9 cm³/mol. The van der Waals surface area contributed by atoms with Crippen LogP contribution in [-0.2, 0) is 10.3 Å². The van der Waals surface area contributed by atoms with E-state index in [0.717, 1.165) is 5.56 Å². The van der Waals surface area contributed by atoms with Gasteiger partial charge in [0.05, 0.1) is 12.6 Å². The van der Waals surface area contributed by atoms with Gasteiger partial charge in [0, 0.05) is 12.4 Å². The van der Waals surface area contributed by atoms with Gasteiger partial charge in [0.1, 0.15) is 0 Å². The first kappa shape index (κ1) is 15.8. The third kappa shape index (κ3) is 3.97. The molecule has 0 bridgehead atoms. The highest BCUT2D eigenvalue weighted by Gasteiger charge is 2.23. The molecule has 5 nitrogen and oxygen atoms in total. The quantitative estimate of drug-likeness (QED) is 0.890. The van der Waals surface area contributed by atoms with Gasteiger partial charge in [0.15, 0.2) is 18.1 Å². The molecule has 1 amide bonds. The van der Waals surface area contributed by atoms with E-state index in [1.165, 1.54) is 0 Å². The zero-order valence-electron chi connectivity index (χ0n) is 13.0. The largest absolute Gasteiger partial charge is 0.493 e. The maximum atomic E-state index is 12.1. The Morgan fingerprint density at radius 2 is 1.91 bits per heavy atom. The number of rotatable bonds is 6. The second kappa shape index (κ2) is 6.93. The fourth-order valence-electron chi connectivity index (χ4n) is 2.07. The fourth-order valence-corrected chi connectivity index (χ4v) is 2.07. The minimum atomic E-state index is -0.518. The molecular formula is C17H20N2O3. The van der Waals surface area contributed by atoms with E-state index in [2.05, 4.69) is 10.3 Å². The van der Waals surface area contributed by atoms with E-state index < -0.39 is 5.54 Å². The van der Waals surface area contributed by atoms with Gasteiger partial charge in [0.25, 0.3) is 5.91 Å². The van der Waals surface area contributed by atoms with Crippen LogP contribution < -0.4 is 14.8 Å². The molecule has 5 heteroatoms. The molecule has 1 aromatic heterocycles. The topological polar surface area (TPSA) is 60.5 Å². The van der Waals surface area contributed by atoms with Gasteiger partial charge in [-0.25, -0.2) is 0 Å². The third-order valence-corrected chi connectivity index (χ3v) is 3.26. The van der Waals surface area contributed by atoms with Crippen LogP contribution >= 0.6 is 0 Å². The van der Waals surface area contributed by atoms with Crippen molar-refractivity contribution in [3.8, 4) is 11.5 Å². The fraction of sp³-hybridized carbons (Fsp3) is 0.294. The Bertz CT molecular complexity index is 627. The molecule has 2 rings (SSSR count). The summed E-state index contributed by atoms with van der Waals surface area (Å²) < 4.78 is 10.7. The first-order valence-electron chi connectivity index (χ1n) is 7.00. The highest BCUT2D eigenvalue weighted by molar-refractivity contribution is 5.78. The Labute approximate surface area is 130 Å². The first-order chi connectivity index (χ1) is 10.5. The van der Waals surface area contributed by atoms with Crippen LogP contribution in [-0.4, -0.2) is 24.6 Å². The maximum absolute atomic E-state index is 12.1. The molecule has 0 atom stereocenters. The van der Waals surface area contributed by atoms with Gasteiger partial charge < -0.3 is 14.8 Å². The van der Waals surface area contributed by atoms with Crippen LogP contribution in [0.1, 0.15) is 19.4 Å². The molecule has 0 aliphatic carbocycles. The molecule has 1 N–H and O–H groups in total. The van der Waals surface area contributed by atoms with E-state index in [4.69, 9.17) is 9.47 Å². The van der Waals surface area contributed by atoms with Crippen molar-refractivity contribution in [2.24, 2.45) is 0 Å². The van der Waals surface area contributed by atoms with E-state index in [1.54, 1.807) is 31.6 Å². The Hall–Kier alpha value is -2.56. The maximum Gasteiger partial charge on any atom is 0.258 e. The Balaban J connectivity index is 1.96. The number of benzene rings is 1. The molecule has 0 aliphatic rings. The molecule has 0 unspecified atom stereocenters. The SMILES string of the molecule is COc1ccccc1OCC(=O)NC(C)(C)c1cccnc1. The number of aromatic nitrogens is 1. The van der Waals surface area contributed by atoms with Crippen LogP contribution in [0.4, 0.5) is 0 Å². The van der Waals surface area contributed by atoms with Crippen molar-refractivity contribution < 1.29 is 14.3 Å². The van der Waals surface area contributed by atoms with Crippen molar-refractivity contribution in [3.05, 3.63) is 54.4 Å². The lowest BCUT2D eigenvalue weighted by molar-refractivity contribution is -0.124. The van der Waals surface area contributed by atoms with Gasteiger partial charge in [-0.2, -0.15) is 0 Å². The number of carbonyl (C=O) groups is 1. The predicted octanol–water partition coefficient (Wildman–Crippen LogP) is 2.52. The average Bonchev–Trinajstić information content (AvgIpc) is 2.53. The smallest absolute Gasteiger partial charge is 0.258 e. The molecule has 0 saturated heterocycles. The van der Waals surface area contributed by atoms with Crippen LogP contribution in [0.15, 0.2) is 48.8 Å². The highest BCUT2D eigenvalue weighted by atomic mass is 16.5. The Kier molecular flexibility index (Phi) is 4.99. The van der Waals surface area contributed by atoms with Crippen molar-refractivity contribution in [1.29, 1.82) is 0 Å². The number of hydrogen-bond acceptors (Lipinski definition) is 4. The summed E-state index contributed by atoms with van der Waals surface area (Å²) in [6, 6.07) is 11.0. The zero-order valence-corrected chi connectivity index (χ0v) is 13.0. The number of para-hydroxylation sites is 2. The monoisotopic (exact) mass is 300 g/mol. The molecular weight excluding hydrogens is 280 g/mol. The molecule has 0 radical (unpaired) electrons. The zero-order chi connectivity index (χ0) is 16.0. The summed E-state index contributed by atoms with van der Waals surface area (Å²) in [6.07, 6.45) is 3.44. The summed E-state index contributed by atoms with van der Waals surface area (Å²) in [7, 11) is 1.56. The van der Waals surface area contributed by atoms with Gasteiger partial charge in [0.2, 0.25) is 0 Å². The van der Waals surface area contributed by atoms with Gasteiger partial charge in [-0.1, -0.05) is 18.2 Å². The summed E-state index contributed by atoms with van der Waals surface area (Å²) in [5, 5.41) is 2.94. The average molecular weight is 300 g/mol. The van der Waals surface area contributed by atoms with E-state index in [0.29, 0.717) is 11.5 Å². The summed E-state index contributed by atoms with van der Waals surface area (Å²) >= 11 is 0. The normalized spacial score (nSPS) is 10.9. The van der Waals surface area contributed by atoms with Crippen LogP contribution in [0.3, 0.4) is 0 Å². The summed E-state index contributed by atoms with van der Waals surface area (Å²) in [5.74, 6) is 0.931. The lowest BCUT2D eigenvalue weighted by Gasteiger charge is -2.26. The van der Waals surface area contributed by atoms with E-state index in [-0.39, 0.29) is 12.5 Å². The van der Waals surface area contributed by atoms with Crippen molar-refractivity contribution in [2.75, 3.05) is 13.7 Å². The molecule has 0 spiro atoms. The van der Waals surface area contributed by atoms with Crippen molar-refractivity contribution >= 4 is 5.91 Å². The molecule has 0 aliphatic heterocycles. The number of pyridine rings is 1. The van der Waals surface area contributed by atoms with Crippen LogP contribution in [0.5, 0.6) is 11.5 Å². The molecule has 22 heavy (non-hydrogen) atoms. The number of ether oxygens (including phenoxy) is 2. The summed E-state index contributed by atoms with van der Waals surface area (Å²) in [4.78, 5) is 16.2. The molecule has 1 aromatic carbocycles. The Morgan fingerprint density at radius 1 is 1.18 bits per heavy atom. The van der Waals surface area contributed by atoms with Gasteiger partial charge in [-0.3, -0.25) is 9.78 Å². The van der Waals surface area contributed by atoms with Gasteiger partial charge in [-0.05, 0) is 37.6 Å². The molecule has 116 valence electrons. The number of amides is 1. The lowest BCUT2D eigenvalue weighted by Crippen LogP contribution is -2.43. The van der Waals surface area contributed by atoms with Gasteiger partial charge in [-0.15, -0.1) is 0 Å². The third-order valence-electron chi connectivity index (χ3n) is 3.26. The van der Waals surface area contributed by atoms with Crippen LogP contribution in [0, 0.1) is 0 Å². The van der Waals surface area contributed by atoms with E-state index in [9.17, 15) is 4.79 Å². The van der Waals surface area contributed by atoms with E-state index >= 15 is 0 Å². The van der Waals surface area contributed by atoms with E-state index in [1.807, 2.05) is 38.1 Å². The van der Waals surface area contributed by atoms with Crippen LogP contribution in [0.2, 0.25) is 0 Å². The minimum Gasteiger partial charge on any atom is -0.493 e. The number of carbonyl (C=O) groups excluding carboxylic acids is 1.